The first-order valence-electron chi connectivity index (χ1n) is 10.2. The molecule has 2 heterocycles. The molecule has 1 N–H and O–H groups in total. The molecule has 1 atom stereocenters. The third-order valence-electron chi connectivity index (χ3n) is 5.50. The van der Waals surface area contributed by atoms with Crippen LogP contribution in [0.15, 0.2) is 36.4 Å². The van der Waals surface area contributed by atoms with Gasteiger partial charge < -0.3 is 19.5 Å². The van der Waals surface area contributed by atoms with Crippen molar-refractivity contribution in [2.24, 2.45) is 0 Å². The van der Waals surface area contributed by atoms with E-state index in [9.17, 15) is 4.79 Å². The number of carbonyl (C=O) groups is 1. The number of amides is 1. The highest BCUT2D eigenvalue weighted by molar-refractivity contribution is 5.93. The van der Waals surface area contributed by atoms with E-state index in [0.29, 0.717) is 31.2 Å². The molecule has 1 saturated heterocycles. The molecule has 1 fully saturated rings. The highest BCUT2D eigenvalue weighted by Gasteiger charge is 2.28. The van der Waals surface area contributed by atoms with Crippen LogP contribution in [0.1, 0.15) is 36.4 Å². The third-order valence-corrected chi connectivity index (χ3v) is 5.50. The molecular weight excluding hydrogens is 368 g/mol. The standard InChI is InChI=1S/C23H28N2O4/c1-16-6-8-20(27-2)18(13-16)24-23(26)15-25-10-3-5-19(25)17-7-9-21-22(14-17)29-12-4-11-28-21/h6-9,13-14,19H,3-5,10-12,15H2,1-2H3,(H,24,26)/t19-/m1/s1. The molecule has 0 unspecified atom stereocenters. The summed E-state index contributed by atoms with van der Waals surface area (Å²) >= 11 is 0. The predicted molar refractivity (Wildman–Crippen MR) is 112 cm³/mol. The zero-order chi connectivity index (χ0) is 20.2. The maximum atomic E-state index is 12.7. The lowest BCUT2D eigenvalue weighted by Gasteiger charge is -2.25. The quantitative estimate of drug-likeness (QED) is 0.830. The molecule has 6 nitrogen and oxygen atoms in total. The van der Waals surface area contributed by atoms with Gasteiger partial charge in [0.1, 0.15) is 5.75 Å². The van der Waals surface area contributed by atoms with Crippen LogP contribution in [-0.4, -0.2) is 44.2 Å². The number of anilines is 1. The number of carbonyl (C=O) groups excluding carboxylic acids is 1. The first-order chi connectivity index (χ1) is 14.1. The minimum atomic E-state index is -0.0323. The molecule has 0 spiro atoms. The van der Waals surface area contributed by atoms with Crippen molar-refractivity contribution in [1.29, 1.82) is 0 Å². The van der Waals surface area contributed by atoms with Crippen molar-refractivity contribution in [3.63, 3.8) is 0 Å². The van der Waals surface area contributed by atoms with E-state index in [2.05, 4.69) is 22.3 Å². The Balaban J connectivity index is 1.46. The highest BCUT2D eigenvalue weighted by Crippen LogP contribution is 2.37. The van der Waals surface area contributed by atoms with Gasteiger partial charge in [0.05, 0.1) is 32.6 Å². The van der Waals surface area contributed by atoms with Crippen LogP contribution >= 0.6 is 0 Å². The first kappa shape index (κ1) is 19.6. The van der Waals surface area contributed by atoms with Gasteiger partial charge in [-0.05, 0) is 61.7 Å². The van der Waals surface area contributed by atoms with Crippen molar-refractivity contribution in [1.82, 2.24) is 4.90 Å². The van der Waals surface area contributed by atoms with Gasteiger partial charge in [0.15, 0.2) is 11.5 Å². The molecule has 29 heavy (non-hydrogen) atoms. The summed E-state index contributed by atoms with van der Waals surface area (Å²) in [6.07, 6.45) is 2.99. The molecule has 2 aliphatic rings. The fourth-order valence-electron chi connectivity index (χ4n) is 4.07. The number of rotatable bonds is 5. The Labute approximate surface area is 171 Å². The number of likely N-dealkylation sites (tertiary alicyclic amines) is 1. The Morgan fingerprint density at radius 1 is 1.14 bits per heavy atom. The summed E-state index contributed by atoms with van der Waals surface area (Å²) < 4.78 is 17.0. The molecule has 0 aromatic heterocycles. The Kier molecular flexibility index (Phi) is 5.90. The third kappa shape index (κ3) is 4.48. The van der Waals surface area contributed by atoms with Crippen molar-refractivity contribution in [3.8, 4) is 17.2 Å². The van der Waals surface area contributed by atoms with Crippen molar-refractivity contribution in [3.05, 3.63) is 47.5 Å². The van der Waals surface area contributed by atoms with Gasteiger partial charge in [0, 0.05) is 12.5 Å². The topological polar surface area (TPSA) is 60.0 Å². The normalized spacial score (nSPS) is 18.9. The summed E-state index contributed by atoms with van der Waals surface area (Å²) in [5.74, 6) is 2.25. The lowest BCUT2D eigenvalue weighted by molar-refractivity contribution is -0.117. The molecule has 0 aliphatic carbocycles. The summed E-state index contributed by atoms with van der Waals surface area (Å²) in [6, 6.07) is 12.1. The molecule has 0 radical (unpaired) electrons. The van der Waals surface area contributed by atoms with Gasteiger partial charge >= 0.3 is 0 Å². The average Bonchev–Trinajstić information content (AvgIpc) is 3.03. The smallest absolute Gasteiger partial charge is 0.238 e. The Morgan fingerprint density at radius 3 is 2.79 bits per heavy atom. The summed E-state index contributed by atoms with van der Waals surface area (Å²) in [7, 11) is 1.61. The second-order valence-corrected chi connectivity index (χ2v) is 7.64. The van der Waals surface area contributed by atoms with Crippen molar-refractivity contribution in [2.75, 3.05) is 38.7 Å². The van der Waals surface area contributed by atoms with E-state index in [1.165, 1.54) is 5.56 Å². The Hall–Kier alpha value is -2.73. The van der Waals surface area contributed by atoms with Gasteiger partial charge in [-0.25, -0.2) is 0 Å². The zero-order valence-electron chi connectivity index (χ0n) is 17.1. The monoisotopic (exact) mass is 396 g/mol. The first-order valence-corrected chi connectivity index (χ1v) is 10.2. The number of methoxy groups -OCH3 is 1. The number of benzene rings is 2. The number of nitrogens with zero attached hydrogens (tertiary/aromatic N) is 1. The van der Waals surface area contributed by atoms with Crippen LogP contribution in [0.3, 0.4) is 0 Å². The van der Waals surface area contributed by atoms with E-state index in [0.717, 1.165) is 42.9 Å². The van der Waals surface area contributed by atoms with Gasteiger partial charge in [-0.15, -0.1) is 0 Å². The van der Waals surface area contributed by atoms with Crippen LogP contribution in [-0.2, 0) is 4.79 Å². The van der Waals surface area contributed by atoms with Gasteiger partial charge in [-0.2, -0.15) is 0 Å². The lowest BCUT2D eigenvalue weighted by Crippen LogP contribution is -2.33. The molecule has 4 rings (SSSR count). The van der Waals surface area contributed by atoms with Crippen LogP contribution < -0.4 is 19.5 Å². The van der Waals surface area contributed by atoms with Crippen LogP contribution in [0.2, 0.25) is 0 Å². The van der Waals surface area contributed by atoms with Gasteiger partial charge in [0.25, 0.3) is 0 Å². The largest absolute Gasteiger partial charge is 0.495 e. The molecule has 2 aromatic rings. The summed E-state index contributed by atoms with van der Waals surface area (Å²) in [6.45, 7) is 4.60. The van der Waals surface area contributed by atoms with E-state index in [1.807, 2.05) is 31.2 Å². The van der Waals surface area contributed by atoms with Gasteiger partial charge in [-0.3, -0.25) is 9.69 Å². The molecule has 2 aliphatic heterocycles. The number of hydrogen-bond donors (Lipinski definition) is 1. The SMILES string of the molecule is COc1ccc(C)cc1NC(=O)CN1CCC[C@@H]1c1ccc2c(c1)OCCCO2. The summed E-state index contributed by atoms with van der Waals surface area (Å²) in [5, 5.41) is 3.01. The summed E-state index contributed by atoms with van der Waals surface area (Å²) in [5.41, 5.74) is 2.96. The molecule has 0 bridgehead atoms. The van der Waals surface area contributed by atoms with E-state index >= 15 is 0 Å². The number of fused-ring (bicyclic) bond motifs is 1. The summed E-state index contributed by atoms with van der Waals surface area (Å²) in [4.78, 5) is 15.0. The number of hydrogen-bond acceptors (Lipinski definition) is 5. The number of ether oxygens (including phenoxy) is 3. The molecule has 154 valence electrons. The van der Waals surface area contributed by atoms with Crippen LogP contribution in [0.25, 0.3) is 0 Å². The number of nitrogens with one attached hydrogen (secondary N) is 1. The highest BCUT2D eigenvalue weighted by atomic mass is 16.5. The van der Waals surface area contributed by atoms with E-state index in [-0.39, 0.29) is 11.9 Å². The van der Waals surface area contributed by atoms with Gasteiger partial charge in [0.2, 0.25) is 5.91 Å². The fourth-order valence-corrected chi connectivity index (χ4v) is 4.07. The Morgan fingerprint density at radius 2 is 1.97 bits per heavy atom. The van der Waals surface area contributed by atoms with Crippen LogP contribution in [0.5, 0.6) is 17.2 Å². The molecule has 6 heteroatoms. The van der Waals surface area contributed by atoms with E-state index in [4.69, 9.17) is 14.2 Å². The second kappa shape index (κ2) is 8.74. The minimum Gasteiger partial charge on any atom is -0.495 e. The fraction of sp³-hybridized carbons (Fsp3) is 0.435. The average molecular weight is 396 g/mol. The molecular formula is C23H28N2O4. The predicted octanol–water partition coefficient (Wildman–Crippen LogP) is 3.94. The zero-order valence-corrected chi connectivity index (χ0v) is 17.1. The lowest BCUT2D eigenvalue weighted by atomic mass is 10.0. The van der Waals surface area contributed by atoms with E-state index < -0.39 is 0 Å². The van der Waals surface area contributed by atoms with E-state index in [1.54, 1.807) is 7.11 Å². The van der Waals surface area contributed by atoms with Crippen molar-refractivity contribution >= 4 is 11.6 Å². The maximum Gasteiger partial charge on any atom is 0.238 e. The number of aryl methyl sites for hydroxylation is 1. The molecule has 2 aromatic carbocycles. The Bertz CT molecular complexity index is 883. The molecule has 0 saturated carbocycles. The molecule has 1 amide bonds. The van der Waals surface area contributed by atoms with Crippen molar-refractivity contribution in [2.45, 2.75) is 32.2 Å². The van der Waals surface area contributed by atoms with Gasteiger partial charge in [-0.1, -0.05) is 12.1 Å². The van der Waals surface area contributed by atoms with Crippen LogP contribution in [0.4, 0.5) is 5.69 Å². The van der Waals surface area contributed by atoms with Crippen LogP contribution in [0, 0.1) is 6.92 Å². The van der Waals surface area contributed by atoms with Crippen molar-refractivity contribution < 1.29 is 19.0 Å². The second-order valence-electron chi connectivity index (χ2n) is 7.64. The minimum absolute atomic E-state index is 0.0323. The maximum absolute atomic E-state index is 12.7.